The van der Waals surface area contributed by atoms with Crippen LogP contribution in [0.4, 0.5) is 5.69 Å². The van der Waals surface area contributed by atoms with Crippen LogP contribution in [0.15, 0.2) is 47.5 Å². The Morgan fingerprint density at radius 2 is 1.81 bits per heavy atom. The molecule has 3 aromatic rings. The molecule has 0 unspecified atom stereocenters. The number of anilines is 1. The Morgan fingerprint density at radius 1 is 1.12 bits per heavy atom. The fraction of sp³-hybridized carbons (Fsp3) is 0.111. The second-order valence-electron chi connectivity index (χ2n) is 5.50. The van der Waals surface area contributed by atoms with Gasteiger partial charge in [-0.1, -0.05) is 18.2 Å². The summed E-state index contributed by atoms with van der Waals surface area (Å²) in [6, 6.07) is 12.3. The van der Waals surface area contributed by atoms with Crippen LogP contribution in [0, 0.1) is 25.2 Å². The van der Waals surface area contributed by atoms with Crippen molar-refractivity contribution in [2.24, 2.45) is 0 Å². The first-order chi connectivity index (χ1) is 12.3. The maximum absolute atomic E-state index is 12.6. The molecule has 0 spiro atoms. The van der Waals surface area contributed by atoms with Gasteiger partial charge in [-0.2, -0.15) is 14.9 Å². The van der Waals surface area contributed by atoms with Crippen LogP contribution in [-0.4, -0.2) is 19.6 Å². The minimum atomic E-state index is -3.69. The minimum absolute atomic E-state index is 0.207. The van der Waals surface area contributed by atoms with E-state index in [1.54, 1.807) is 36.5 Å². The molecule has 8 heteroatoms. The highest BCUT2D eigenvalue weighted by atomic mass is 32.2. The molecule has 0 bridgehead atoms. The van der Waals surface area contributed by atoms with E-state index >= 15 is 0 Å². The van der Waals surface area contributed by atoms with Crippen molar-refractivity contribution in [1.82, 2.24) is 4.98 Å². The first-order valence-corrected chi connectivity index (χ1v) is 8.92. The number of sulfonamides is 1. The number of aromatic amines is 1. The average molecular weight is 369 g/mol. The third-order valence-corrected chi connectivity index (χ3v) is 5.07. The number of H-pyrrole nitrogens is 1. The zero-order valence-electron chi connectivity index (χ0n) is 14.0. The van der Waals surface area contributed by atoms with Gasteiger partial charge in [0.2, 0.25) is 0 Å². The normalized spacial score (nSPS) is 10.3. The molecular weight excluding hydrogens is 354 g/mol. The smallest absolute Gasteiger partial charge is 0.358 e. The molecule has 0 amide bonds. The Bertz CT molecular complexity index is 1130. The topological polar surface area (TPSA) is 120 Å². The third-order valence-electron chi connectivity index (χ3n) is 3.71. The summed E-state index contributed by atoms with van der Waals surface area (Å²) in [6.45, 7) is 3.73. The van der Waals surface area contributed by atoms with E-state index in [-0.39, 0.29) is 11.0 Å². The summed E-state index contributed by atoms with van der Waals surface area (Å²) in [5.74, 6) is 0. The van der Waals surface area contributed by atoms with Crippen molar-refractivity contribution < 1.29 is 18.0 Å². The molecule has 0 fully saturated rings. The lowest BCUT2D eigenvalue weighted by molar-refractivity contribution is -0.191. The number of hydrogen-bond donors (Lipinski definition) is 2. The van der Waals surface area contributed by atoms with Gasteiger partial charge in [0, 0.05) is 11.6 Å². The van der Waals surface area contributed by atoms with Crippen LogP contribution in [-0.2, 0) is 19.6 Å². The molecule has 0 radical (unpaired) electrons. The molecule has 0 saturated heterocycles. The highest BCUT2D eigenvalue weighted by molar-refractivity contribution is 7.92. The van der Waals surface area contributed by atoms with Crippen LogP contribution in [0.25, 0.3) is 10.9 Å². The number of nitrogens with zero attached hydrogens (tertiary/aromatic N) is 1. The molecule has 3 rings (SSSR count). The highest BCUT2D eigenvalue weighted by Crippen LogP contribution is 2.30. The molecule has 0 aliphatic heterocycles. The standard InChI is InChI=1S/C17H15N3O2S.CO2/c1-11-4-3-5-14(8-11)23(21,22)20-15-7-6-12(2)16-13(9-18)10-19-17(15)16;2-1-3/h3-8,10,19-20H,1-2H3;. The number of fused-ring (bicyclic) bond motifs is 1. The van der Waals surface area contributed by atoms with Gasteiger partial charge in [0.25, 0.3) is 10.0 Å². The van der Waals surface area contributed by atoms with Gasteiger partial charge in [0.05, 0.1) is 21.7 Å². The van der Waals surface area contributed by atoms with Crippen molar-refractivity contribution in [3.05, 3.63) is 59.3 Å². The van der Waals surface area contributed by atoms with E-state index in [0.717, 1.165) is 16.5 Å². The van der Waals surface area contributed by atoms with Crippen molar-refractivity contribution in [2.45, 2.75) is 18.7 Å². The van der Waals surface area contributed by atoms with Crippen LogP contribution >= 0.6 is 0 Å². The van der Waals surface area contributed by atoms with Crippen molar-refractivity contribution >= 4 is 32.8 Å². The van der Waals surface area contributed by atoms with Gasteiger partial charge in [-0.3, -0.25) is 4.72 Å². The summed E-state index contributed by atoms with van der Waals surface area (Å²) >= 11 is 0. The molecule has 0 atom stereocenters. The SMILES string of the molecule is Cc1cccc(S(=O)(=O)Nc2ccc(C)c3c(C#N)c[nH]c23)c1.O=C=O. The number of carbonyl (C=O) groups excluding carboxylic acids is 2. The lowest BCUT2D eigenvalue weighted by Gasteiger charge is -2.10. The maximum Gasteiger partial charge on any atom is 0.373 e. The predicted molar refractivity (Wildman–Crippen MR) is 94.7 cm³/mol. The average Bonchev–Trinajstić information content (AvgIpc) is 3.03. The van der Waals surface area contributed by atoms with E-state index < -0.39 is 10.0 Å². The highest BCUT2D eigenvalue weighted by Gasteiger charge is 2.17. The Kier molecular flexibility index (Phi) is 5.58. The predicted octanol–water partition coefficient (Wildman–Crippen LogP) is 2.87. The van der Waals surface area contributed by atoms with Crippen LogP contribution < -0.4 is 4.72 Å². The number of rotatable bonds is 3. The molecule has 0 saturated carbocycles. The molecule has 0 aliphatic carbocycles. The number of aromatic nitrogens is 1. The quantitative estimate of drug-likeness (QED) is 0.735. The van der Waals surface area contributed by atoms with Crippen molar-refractivity contribution in [3.63, 3.8) is 0 Å². The van der Waals surface area contributed by atoms with Crippen LogP contribution in [0.3, 0.4) is 0 Å². The zero-order chi connectivity index (χ0) is 19.3. The molecule has 7 nitrogen and oxygen atoms in total. The first-order valence-electron chi connectivity index (χ1n) is 7.43. The van der Waals surface area contributed by atoms with Crippen LogP contribution in [0.5, 0.6) is 0 Å². The van der Waals surface area contributed by atoms with Crippen molar-refractivity contribution in [2.75, 3.05) is 4.72 Å². The second-order valence-corrected chi connectivity index (χ2v) is 7.18. The van der Waals surface area contributed by atoms with Gasteiger partial charge in [0.1, 0.15) is 6.07 Å². The molecule has 26 heavy (non-hydrogen) atoms. The molecular formula is C18H15N3O4S. The van der Waals surface area contributed by atoms with Crippen LogP contribution in [0.2, 0.25) is 0 Å². The lowest BCUT2D eigenvalue weighted by Crippen LogP contribution is -2.13. The zero-order valence-corrected chi connectivity index (χ0v) is 14.8. The summed E-state index contributed by atoms with van der Waals surface area (Å²) in [5.41, 5.74) is 3.31. The molecule has 132 valence electrons. The van der Waals surface area contributed by atoms with Crippen molar-refractivity contribution in [3.8, 4) is 6.07 Å². The van der Waals surface area contributed by atoms with Gasteiger partial charge in [0.15, 0.2) is 0 Å². The molecule has 0 aliphatic rings. The Labute approximate surface area is 150 Å². The van der Waals surface area contributed by atoms with Gasteiger partial charge in [-0.25, -0.2) is 8.42 Å². The van der Waals surface area contributed by atoms with Crippen LogP contribution in [0.1, 0.15) is 16.7 Å². The first kappa shape index (κ1) is 18.9. The molecule has 2 aromatic carbocycles. The molecule has 2 N–H and O–H groups in total. The van der Waals surface area contributed by atoms with E-state index in [1.807, 2.05) is 19.9 Å². The largest absolute Gasteiger partial charge is 0.373 e. The fourth-order valence-electron chi connectivity index (χ4n) is 2.58. The van der Waals surface area contributed by atoms with Crippen molar-refractivity contribution in [1.29, 1.82) is 5.26 Å². The Morgan fingerprint density at radius 3 is 2.42 bits per heavy atom. The van der Waals surface area contributed by atoms with E-state index in [4.69, 9.17) is 9.59 Å². The van der Waals surface area contributed by atoms with Gasteiger partial charge in [-0.05, 0) is 43.2 Å². The van der Waals surface area contributed by atoms with Gasteiger partial charge < -0.3 is 4.98 Å². The monoisotopic (exact) mass is 369 g/mol. The number of aryl methyl sites for hydroxylation is 2. The fourth-order valence-corrected chi connectivity index (χ4v) is 3.76. The van der Waals surface area contributed by atoms with E-state index in [2.05, 4.69) is 15.8 Å². The van der Waals surface area contributed by atoms with Gasteiger partial charge >= 0.3 is 6.15 Å². The summed E-state index contributed by atoms with van der Waals surface area (Å²) in [6.07, 6.45) is 1.84. The number of nitrogens with one attached hydrogen (secondary N) is 2. The summed E-state index contributed by atoms with van der Waals surface area (Å²) in [7, 11) is -3.69. The lowest BCUT2D eigenvalue weighted by atomic mass is 10.1. The number of benzene rings is 2. The summed E-state index contributed by atoms with van der Waals surface area (Å²) < 4.78 is 27.7. The van der Waals surface area contributed by atoms with E-state index in [0.29, 0.717) is 16.8 Å². The second kappa shape index (κ2) is 7.66. The maximum atomic E-state index is 12.6. The Balaban J connectivity index is 0.000000758. The molecule has 1 aromatic heterocycles. The minimum Gasteiger partial charge on any atom is -0.358 e. The summed E-state index contributed by atoms with van der Waals surface area (Å²) in [5, 5.41) is 9.91. The van der Waals surface area contributed by atoms with E-state index in [1.165, 1.54) is 0 Å². The number of hydrogen-bond acceptors (Lipinski definition) is 5. The number of nitriles is 1. The molecule has 1 heterocycles. The summed E-state index contributed by atoms with van der Waals surface area (Å²) in [4.78, 5) is 19.4. The Hall–Kier alpha value is -3.40. The van der Waals surface area contributed by atoms with E-state index in [9.17, 15) is 13.7 Å². The van der Waals surface area contributed by atoms with Gasteiger partial charge in [-0.15, -0.1) is 0 Å². The third kappa shape index (κ3) is 3.81.